The van der Waals surface area contributed by atoms with E-state index in [-0.39, 0.29) is 17.8 Å². The molecule has 0 aliphatic carbocycles. The number of hydrogen-bond acceptors (Lipinski definition) is 2. The fourth-order valence-corrected chi connectivity index (χ4v) is 4.08. The van der Waals surface area contributed by atoms with Gasteiger partial charge in [-0.25, -0.2) is 9.59 Å². The van der Waals surface area contributed by atoms with E-state index in [0.717, 1.165) is 38.7 Å². The molecule has 1 aromatic heterocycles. The number of fused-ring (bicyclic) bond motifs is 1. The summed E-state index contributed by atoms with van der Waals surface area (Å²) in [5.41, 5.74) is 3.65. The molecular formula is C20H21IN4O2. The van der Waals surface area contributed by atoms with Gasteiger partial charge in [-0.15, -0.1) is 0 Å². The third kappa shape index (κ3) is 3.60. The number of para-hydroxylation sites is 1. The molecule has 1 fully saturated rings. The molecule has 1 aliphatic rings. The van der Waals surface area contributed by atoms with Crippen LogP contribution in [-0.2, 0) is 0 Å². The van der Waals surface area contributed by atoms with Crippen molar-refractivity contribution in [1.29, 1.82) is 0 Å². The van der Waals surface area contributed by atoms with Crippen molar-refractivity contribution in [3.8, 4) is 0 Å². The Balaban J connectivity index is 1.45. The van der Waals surface area contributed by atoms with Gasteiger partial charge in [0.15, 0.2) is 0 Å². The first kappa shape index (κ1) is 18.1. The second-order valence-electron chi connectivity index (χ2n) is 6.92. The lowest BCUT2D eigenvalue weighted by Gasteiger charge is -2.32. The Morgan fingerprint density at radius 2 is 1.85 bits per heavy atom. The Bertz CT molecular complexity index is 1030. The topological polar surface area (TPSA) is 70.1 Å². The number of likely N-dealkylation sites (tertiary alicyclic amines) is 1. The van der Waals surface area contributed by atoms with Gasteiger partial charge in [0, 0.05) is 28.4 Å². The number of amides is 2. The van der Waals surface area contributed by atoms with E-state index in [9.17, 15) is 9.59 Å². The van der Waals surface area contributed by atoms with Crippen molar-refractivity contribution in [2.24, 2.45) is 0 Å². The zero-order chi connectivity index (χ0) is 19.0. The van der Waals surface area contributed by atoms with Gasteiger partial charge in [-0.1, -0.05) is 12.1 Å². The van der Waals surface area contributed by atoms with Crippen LogP contribution in [0.15, 0.2) is 47.3 Å². The van der Waals surface area contributed by atoms with Gasteiger partial charge in [0.2, 0.25) is 0 Å². The van der Waals surface area contributed by atoms with E-state index in [0.29, 0.717) is 13.1 Å². The summed E-state index contributed by atoms with van der Waals surface area (Å²) in [6, 6.07) is 13.7. The van der Waals surface area contributed by atoms with Crippen molar-refractivity contribution in [1.82, 2.24) is 14.5 Å². The summed E-state index contributed by atoms with van der Waals surface area (Å²) in [6.45, 7) is 3.26. The molecule has 140 valence electrons. The Kier molecular flexibility index (Phi) is 4.94. The fourth-order valence-electron chi connectivity index (χ4n) is 3.72. The maximum atomic E-state index is 12.5. The number of rotatable bonds is 2. The third-order valence-corrected chi connectivity index (χ3v) is 5.89. The van der Waals surface area contributed by atoms with Crippen LogP contribution in [0.25, 0.3) is 11.0 Å². The second-order valence-corrected chi connectivity index (χ2v) is 8.17. The SMILES string of the molecule is Cc1cccc2c1[nH]c(=O)n2C1CCN(C(=O)Nc2ccc(I)cc2)CC1. The molecule has 2 heterocycles. The molecule has 2 aromatic carbocycles. The third-order valence-electron chi connectivity index (χ3n) is 5.17. The average Bonchev–Trinajstić information content (AvgIpc) is 3.01. The number of aromatic nitrogens is 2. The van der Waals surface area contributed by atoms with Crippen LogP contribution in [0.5, 0.6) is 0 Å². The quantitative estimate of drug-likeness (QED) is 0.547. The zero-order valence-corrected chi connectivity index (χ0v) is 17.2. The molecule has 2 amide bonds. The van der Waals surface area contributed by atoms with Crippen molar-refractivity contribution in [2.45, 2.75) is 25.8 Å². The lowest BCUT2D eigenvalue weighted by molar-refractivity contribution is 0.184. The van der Waals surface area contributed by atoms with Gasteiger partial charge < -0.3 is 15.2 Å². The minimum absolute atomic E-state index is 0.0684. The summed E-state index contributed by atoms with van der Waals surface area (Å²) >= 11 is 2.24. The first-order chi connectivity index (χ1) is 13.0. The number of carbonyl (C=O) groups excluding carboxylic acids is 1. The first-order valence-electron chi connectivity index (χ1n) is 9.04. The van der Waals surface area contributed by atoms with Crippen LogP contribution >= 0.6 is 22.6 Å². The van der Waals surface area contributed by atoms with Crippen molar-refractivity contribution < 1.29 is 4.79 Å². The molecule has 4 rings (SSSR count). The Morgan fingerprint density at radius 3 is 2.56 bits per heavy atom. The predicted molar refractivity (Wildman–Crippen MR) is 115 cm³/mol. The monoisotopic (exact) mass is 476 g/mol. The van der Waals surface area contributed by atoms with E-state index in [2.05, 4.69) is 32.9 Å². The maximum absolute atomic E-state index is 12.5. The highest BCUT2D eigenvalue weighted by Gasteiger charge is 2.26. The van der Waals surface area contributed by atoms with E-state index < -0.39 is 0 Å². The van der Waals surface area contributed by atoms with Gasteiger partial charge >= 0.3 is 11.7 Å². The number of piperidine rings is 1. The molecule has 27 heavy (non-hydrogen) atoms. The first-order valence-corrected chi connectivity index (χ1v) is 10.1. The number of halogens is 1. The van der Waals surface area contributed by atoms with Crippen LogP contribution in [0.3, 0.4) is 0 Å². The largest absolute Gasteiger partial charge is 0.326 e. The number of imidazole rings is 1. The van der Waals surface area contributed by atoms with Crippen molar-refractivity contribution in [2.75, 3.05) is 18.4 Å². The Morgan fingerprint density at radius 1 is 1.15 bits per heavy atom. The number of nitrogens with zero attached hydrogens (tertiary/aromatic N) is 2. The van der Waals surface area contributed by atoms with Crippen molar-refractivity contribution in [3.63, 3.8) is 0 Å². The highest BCUT2D eigenvalue weighted by molar-refractivity contribution is 14.1. The standard InChI is InChI=1S/C20H21IN4O2/c1-13-3-2-4-17-18(13)23-20(27)25(17)16-9-11-24(12-10-16)19(26)22-15-7-5-14(21)6-8-15/h2-8,16H,9-12H2,1H3,(H,22,26)(H,23,27). The smallest absolute Gasteiger partial charge is 0.324 e. The highest BCUT2D eigenvalue weighted by Crippen LogP contribution is 2.26. The lowest BCUT2D eigenvalue weighted by Crippen LogP contribution is -2.42. The molecule has 0 atom stereocenters. The summed E-state index contributed by atoms with van der Waals surface area (Å²) in [5, 5.41) is 2.95. The van der Waals surface area contributed by atoms with Crippen LogP contribution in [0.4, 0.5) is 10.5 Å². The minimum atomic E-state index is -0.0863. The van der Waals surface area contributed by atoms with Crippen molar-refractivity contribution >= 4 is 45.3 Å². The Labute approximate surface area is 170 Å². The van der Waals surface area contributed by atoms with E-state index in [1.807, 2.05) is 58.9 Å². The summed E-state index contributed by atoms with van der Waals surface area (Å²) in [4.78, 5) is 29.8. The number of nitrogens with one attached hydrogen (secondary N) is 2. The molecule has 0 bridgehead atoms. The number of urea groups is 1. The summed E-state index contributed by atoms with van der Waals surface area (Å²) in [7, 11) is 0. The number of carbonyl (C=O) groups is 1. The number of H-pyrrole nitrogens is 1. The summed E-state index contributed by atoms with van der Waals surface area (Å²) in [6.07, 6.45) is 1.53. The van der Waals surface area contributed by atoms with Gasteiger partial charge in [0.25, 0.3) is 0 Å². The van der Waals surface area contributed by atoms with Crippen LogP contribution < -0.4 is 11.0 Å². The molecule has 0 radical (unpaired) electrons. The fraction of sp³-hybridized carbons (Fsp3) is 0.300. The number of anilines is 1. The molecule has 1 aliphatic heterocycles. The summed E-state index contributed by atoms with van der Waals surface area (Å²) in [5.74, 6) is 0. The zero-order valence-electron chi connectivity index (χ0n) is 15.0. The molecule has 1 saturated heterocycles. The predicted octanol–water partition coefficient (Wildman–Crippen LogP) is 4.11. The van der Waals surface area contributed by atoms with Gasteiger partial charge in [0.05, 0.1) is 11.0 Å². The molecule has 3 aromatic rings. The van der Waals surface area contributed by atoms with Gasteiger partial charge in [-0.05, 0) is 78.3 Å². The molecule has 0 unspecified atom stereocenters. The molecule has 2 N–H and O–H groups in total. The van der Waals surface area contributed by atoms with Crippen molar-refractivity contribution in [3.05, 3.63) is 62.1 Å². The van der Waals surface area contributed by atoms with Gasteiger partial charge in [0.1, 0.15) is 0 Å². The molecule has 6 nitrogen and oxygen atoms in total. The number of hydrogen-bond donors (Lipinski definition) is 2. The molecular weight excluding hydrogens is 455 g/mol. The Hall–Kier alpha value is -2.29. The summed E-state index contributed by atoms with van der Waals surface area (Å²) < 4.78 is 2.99. The maximum Gasteiger partial charge on any atom is 0.326 e. The van der Waals surface area contributed by atoms with E-state index in [1.54, 1.807) is 0 Å². The van der Waals surface area contributed by atoms with Crippen LogP contribution in [-0.4, -0.2) is 33.6 Å². The number of aryl methyl sites for hydroxylation is 1. The minimum Gasteiger partial charge on any atom is -0.324 e. The van der Waals surface area contributed by atoms with Gasteiger partial charge in [-0.2, -0.15) is 0 Å². The molecule has 0 saturated carbocycles. The normalized spacial score (nSPS) is 15.3. The molecule has 0 spiro atoms. The van der Waals surface area contributed by atoms with E-state index in [1.165, 1.54) is 0 Å². The number of aromatic amines is 1. The molecule has 7 heteroatoms. The average molecular weight is 476 g/mol. The van der Waals surface area contributed by atoms with Crippen LogP contribution in [0, 0.1) is 10.5 Å². The lowest BCUT2D eigenvalue weighted by atomic mass is 10.0. The van der Waals surface area contributed by atoms with E-state index >= 15 is 0 Å². The van der Waals surface area contributed by atoms with Crippen LogP contribution in [0.1, 0.15) is 24.4 Å². The van der Waals surface area contributed by atoms with Crippen LogP contribution in [0.2, 0.25) is 0 Å². The number of benzene rings is 2. The second kappa shape index (κ2) is 7.38. The highest BCUT2D eigenvalue weighted by atomic mass is 127. The van der Waals surface area contributed by atoms with Gasteiger partial charge in [-0.3, -0.25) is 4.57 Å². The van der Waals surface area contributed by atoms with E-state index in [4.69, 9.17) is 0 Å².